The van der Waals surface area contributed by atoms with Crippen LogP contribution in [0.2, 0.25) is 0 Å². The fraction of sp³-hybridized carbons (Fsp3) is 0.733. The molecule has 20 heavy (non-hydrogen) atoms. The van der Waals surface area contributed by atoms with Gasteiger partial charge in [-0.1, -0.05) is 6.92 Å². The van der Waals surface area contributed by atoms with Gasteiger partial charge in [0, 0.05) is 24.1 Å². The van der Waals surface area contributed by atoms with E-state index in [2.05, 4.69) is 36.1 Å². The second kappa shape index (κ2) is 5.20. The van der Waals surface area contributed by atoms with Crippen molar-refractivity contribution in [3.8, 4) is 0 Å². The SMILES string of the molecule is Cc1c(NN)nc(C2CC2)nc1N1CC(C)CCC1C. The highest BCUT2D eigenvalue weighted by atomic mass is 15.3. The number of hydrogen-bond donors (Lipinski definition) is 2. The van der Waals surface area contributed by atoms with E-state index < -0.39 is 0 Å². The van der Waals surface area contributed by atoms with Crippen molar-refractivity contribution in [3.05, 3.63) is 11.4 Å². The molecule has 0 aromatic carbocycles. The zero-order valence-corrected chi connectivity index (χ0v) is 12.7. The lowest BCUT2D eigenvalue weighted by Crippen LogP contribution is -2.42. The molecule has 1 saturated heterocycles. The van der Waals surface area contributed by atoms with Crippen LogP contribution in [0.3, 0.4) is 0 Å². The van der Waals surface area contributed by atoms with Crippen molar-refractivity contribution in [2.45, 2.75) is 58.4 Å². The summed E-state index contributed by atoms with van der Waals surface area (Å²) < 4.78 is 0. The lowest BCUT2D eigenvalue weighted by Gasteiger charge is -2.38. The molecule has 110 valence electrons. The second-order valence-corrected chi connectivity index (χ2v) is 6.48. The van der Waals surface area contributed by atoms with Crippen LogP contribution in [0.1, 0.15) is 56.8 Å². The number of hydrogen-bond acceptors (Lipinski definition) is 5. The summed E-state index contributed by atoms with van der Waals surface area (Å²) in [6, 6.07) is 0.539. The van der Waals surface area contributed by atoms with E-state index in [-0.39, 0.29) is 0 Å². The van der Waals surface area contributed by atoms with E-state index in [0.29, 0.717) is 12.0 Å². The predicted molar refractivity (Wildman–Crippen MR) is 81.8 cm³/mol. The van der Waals surface area contributed by atoms with E-state index in [1.54, 1.807) is 0 Å². The van der Waals surface area contributed by atoms with Crippen molar-refractivity contribution < 1.29 is 0 Å². The first-order valence-corrected chi connectivity index (χ1v) is 7.72. The molecule has 3 N–H and O–H groups in total. The van der Waals surface area contributed by atoms with E-state index in [4.69, 9.17) is 10.8 Å². The van der Waals surface area contributed by atoms with E-state index in [0.717, 1.165) is 35.5 Å². The number of nitrogens with one attached hydrogen (secondary N) is 1. The third kappa shape index (κ3) is 2.46. The molecule has 2 fully saturated rings. The molecular weight excluding hydrogens is 250 g/mol. The molecule has 1 saturated carbocycles. The van der Waals surface area contributed by atoms with Gasteiger partial charge < -0.3 is 10.3 Å². The summed E-state index contributed by atoms with van der Waals surface area (Å²) in [5, 5.41) is 0. The molecule has 2 unspecified atom stereocenters. The van der Waals surface area contributed by atoms with Gasteiger partial charge in [0.05, 0.1) is 0 Å². The van der Waals surface area contributed by atoms with Gasteiger partial charge in [-0.25, -0.2) is 15.8 Å². The largest absolute Gasteiger partial charge is 0.353 e. The fourth-order valence-electron chi connectivity index (χ4n) is 3.05. The van der Waals surface area contributed by atoms with Crippen LogP contribution in [0.5, 0.6) is 0 Å². The lowest BCUT2D eigenvalue weighted by molar-refractivity contribution is 0.387. The highest BCUT2D eigenvalue weighted by Crippen LogP contribution is 2.40. The highest BCUT2D eigenvalue weighted by molar-refractivity contribution is 5.59. The van der Waals surface area contributed by atoms with E-state index in [1.807, 2.05) is 0 Å². The van der Waals surface area contributed by atoms with E-state index in [1.165, 1.54) is 25.7 Å². The number of nitrogen functional groups attached to an aromatic ring is 1. The van der Waals surface area contributed by atoms with E-state index in [9.17, 15) is 0 Å². The van der Waals surface area contributed by atoms with Gasteiger partial charge in [0.15, 0.2) is 0 Å². The molecule has 5 nitrogen and oxygen atoms in total. The molecule has 0 bridgehead atoms. The first-order chi connectivity index (χ1) is 9.60. The number of rotatable bonds is 3. The summed E-state index contributed by atoms with van der Waals surface area (Å²) in [4.78, 5) is 11.9. The standard InChI is InChI=1S/C15H25N5/c1-9-4-5-10(2)20(8-9)15-11(3)13(19-16)17-14(18-15)12-6-7-12/h9-10,12H,4-8,16H2,1-3H3,(H,17,18,19). The highest BCUT2D eigenvalue weighted by Gasteiger charge is 2.31. The van der Waals surface area contributed by atoms with Gasteiger partial charge in [-0.3, -0.25) is 0 Å². The van der Waals surface area contributed by atoms with Crippen LogP contribution < -0.4 is 16.2 Å². The predicted octanol–water partition coefficient (Wildman–Crippen LogP) is 2.57. The molecule has 0 radical (unpaired) electrons. The minimum absolute atomic E-state index is 0.539. The van der Waals surface area contributed by atoms with Gasteiger partial charge in [-0.05, 0) is 45.4 Å². The van der Waals surface area contributed by atoms with Crippen LogP contribution in [0.4, 0.5) is 11.6 Å². The lowest BCUT2D eigenvalue weighted by atomic mass is 9.95. The number of piperidine rings is 1. The van der Waals surface area contributed by atoms with Gasteiger partial charge in [0.2, 0.25) is 0 Å². The van der Waals surface area contributed by atoms with Crippen molar-refractivity contribution in [2.75, 3.05) is 16.9 Å². The Morgan fingerprint density at radius 3 is 2.55 bits per heavy atom. The fourth-order valence-corrected chi connectivity index (χ4v) is 3.05. The molecule has 1 aromatic rings. The summed E-state index contributed by atoms with van der Waals surface area (Å²) in [6.07, 6.45) is 4.95. The Morgan fingerprint density at radius 2 is 1.90 bits per heavy atom. The molecule has 1 aliphatic heterocycles. The molecule has 2 aliphatic rings. The number of anilines is 2. The molecule has 5 heteroatoms. The first-order valence-electron chi connectivity index (χ1n) is 7.72. The number of nitrogens with zero attached hydrogens (tertiary/aromatic N) is 3. The molecule has 2 atom stereocenters. The van der Waals surface area contributed by atoms with Crippen LogP contribution >= 0.6 is 0 Å². The van der Waals surface area contributed by atoms with Gasteiger partial charge in [0.25, 0.3) is 0 Å². The average Bonchev–Trinajstić information content (AvgIpc) is 3.26. The van der Waals surface area contributed by atoms with Crippen molar-refractivity contribution in [2.24, 2.45) is 11.8 Å². The Balaban J connectivity index is 1.99. The normalized spacial score (nSPS) is 26.7. The molecule has 1 aliphatic carbocycles. The number of nitrogens with two attached hydrogens (primary N) is 1. The third-order valence-electron chi connectivity index (χ3n) is 4.61. The zero-order valence-electron chi connectivity index (χ0n) is 12.7. The summed E-state index contributed by atoms with van der Waals surface area (Å²) in [7, 11) is 0. The maximum Gasteiger partial charge on any atom is 0.148 e. The second-order valence-electron chi connectivity index (χ2n) is 6.48. The Morgan fingerprint density at radius 1 is 1.15 bits per heavy atom. The van der Waals surface area contributed by atoms with E-state index >= 15 is 0 Å². The van der Waals surface area contributed by atoms with Crippen LogP contribution in [0, 0.1) is 12.8 Å². The monoisotopic (exact) mass is 275 g/mol. The molecule has 1 aromatic heterocycles. The quantitative estimate of drug-likeness (QED) is 0.655. The Hall–Kier alpha value is -1.36. The van der Waals surface area contributed by atoms with Gasteiger partial charge in [-0.15, -0.1) is 0 Å². The molecule has 3 rings (SSSR count). The van der Waals surface area contributed by atoms with Crippen LogP contribution in [-0.4, -0.2) is 22.6 Å². The van der Waals surface area contributed by atoms with Gasteiger partial charge in [0.1, 0.15) is 17.5 Å². The third-order valence-corrected chi connectivity index (χ3v) is 4.61. The van der Waals surface area contributed by atoms with Gasteiger partial charge in [-0.2, -0.15) is 0 Å². The maximum absolute atomic E-state index is 5.64. The Bertz CT molecular complexity index is 497. The summed E-state index contributed by atoms with van der Waals surface area (Å²) >= 11 is 0. The molecular formula is C15H25N5. The van der Waals surface area contributed by atoms with Crippen molar-refractivity contribution >= 4 is 11.6 Å². The number of aromatic nitrogens is 2. The van der Waals surface area contributed by atoms with Crippen LogP contribution in [0.25, 0.3) is 0 Å². The van der Waals surface area contributed by atoms with Crippen LogP contribution in [0.15, 0.2) is 0 Å². The van der Waals surface area contributed by atoms with Crippen molar-refractivity contribution in [3.63, 3.8) is 0 Å². The smallest absolute Gasteiger partial charge is 0.148 e. The van der Waals surface area contributed by atoms with Crippen molar-refractivity contribution in [1.82, 2.24) is 9.97 Å². The maximum atomic E-state index is 5.64. The molecule has 0 amide bonds. The summed E-state index contributed by atoms with van der Waals surface area (Å²) in [5.41, 5.74) is 3.81. The van der Waals surface area contributed by atoms with Crippen molar-refractivity contribution in [1.29, 1.82) is 0 Å². The minimum atomic E-state index is 0.539. The molecule has 0 spiro atoms. The minimum Gasteiger partial charge on any atom is -0.353 e. The topological polar surface area (TPSA) is 67.1 Å². The van der Waals surface area contributed by atoms with Crippen LogP contribution in [-0.2, 0) is 0 Å². The zero-order chi connectivity index (χ0) is 14.3. The number of hydrazine groups is 1. The Labute approximate surface area is 120 Å². The summed E-state index contributed by atoms with van der Waals surface area (Å²) in [6.45, 7) is 7.75. The summed E-state index contributed by atoms with van der Waals surface area (Å²) in [5.74, 6) is 9.72. The molecule has 2 heterocycles. The first kappa shape index (κ1) is 13.6. The van der Waals surface area contributed by atoms with Gasteiger partial charge >= 0.3 is 0 Å². The average molecular weight is 275 g/mol. The Kier molecular flexibility index (Phi) is 3.54.